The molecule has 0 unspecified atom stereocenters. The van der Waals surface area contributed by atoms with Crippen molar-refractivity contribution in [2.75, 3.05) is 0 Å². The fraction of sp³-hybridized carbons (Fsp3) is 0. The number of thiazole rings is 1. The van der Waals surface area contributed by atoms with E-state index in [1.54, 1.807) is 11.3 Å². The van der Waals surface area contributed by atoms with Crippen LogP contribution < -0.4 is 0 Å². The summed E-state index contributed by atoms with van der Waals surface area (Å²) in [5.74, 6) is 1.98. The zero-order chi connectivity index (χ0) is 33.0. The third kappa shape index (κ3) is 5.05. The molecule has 0 amide bonds. The van der Waals surface area contributed by atoms with E-state index in [4.69, 9.17) is 19.9 Å². The van der Waals surface area contributed by atoms with Crippen molar-refractivity contribution in [2.24, 2.45) is 0 Å². The van der Waals surface area contributed by atoms with Gasteiger partial charge < -0.3 is 0 Å². The van der Waals surface area contributed by atoms with Crippen molar-refractivity contribution in [1.82, 2.24) is 19.9 Å². The number of rotatable bonds is 5. The van der Waals surface area contributed by atoms with Crippen LogP contribution in [-0.2, 0) is 0 Å². The molecule has 4 nitrogen and oxygen atoms in total. The zero-order valence-electron chi connectivity index (χ0n) is 26.6. The maximum Gasteiger partial charge on any atom is 0.164 e. The molecule has 7 aromatic carbocycles. The minimum atomic E-state index is 0.659. The predicted molar refractivity (Wildman–Crippen MR) is 211 cm³/mol. The lowest BCUT2D eigenvalue weighted by Crippen LogP contribution is -2.00. The largest absolute Gasteiger partial charge is 0.236 e. The van der Waals surface area contributed by atoms with Gasteiger partial charge in [-0.25, -0.2) is 19.9 Å². The minimum absolute atomic E-state index is 0.659. The summed E-state index contributed by atoms with van der Waals surface area (Å²) >= 11 is 3.59. The number of thiophene rings is 1. The Labute approximate surface area is 296 Å². The van der Waals surface area contributed by atoms with Crippen LogP contribution in [0, 0.1) is 0 Å². The van der Waals surface area contributed by atoms with Gasteiger partial charge in [0.1, 0.15) is 5.01 Å². The summed E-state index contributed by atoms with van der Waals surface area (Å²) in [6.07, 6.45) is 0. The molecule has 50 heavy (non-hydrogen) atoms. The molecule has 0 N–H and O–H groups in total. The molecule has 0 aliphatic rings. The second-order valence-electron chi connectivity index (χ2n) is 12.3. The Kier molecular flexibility index (Phi) is 6.82. The highest BCUT2D eigenvalue weighted by Crippen LogP contribution is 2.41. The van der Waals surface area contributed by atoms with E-state index in [0.717, 1.165) is 43.6 Å². The molecule has 3 heterocycles. The molecular weight excluding hydrogens is 649 g/mol. The van der Waals surface area contributed by atoms with Crippen LogP contribution in [0.3, 0.4) is 0 Å². The van der Waals surface area contributed by atoms with Gasteiger partial charge in [-0.3, -0.25) is 0 Å². The maximum absolute atomic E-state index is 5.00. The van der Waals surface area contributed by atoms with Crippen LogP contribution in [0.1, 0.15) is 0 Å². The first-order valence-corrected chi connectivity index (χ1v) is 18.1. The molecule has 0 fully saturated rings. The van der Waals surface area contributed by atoms with Gasteiger partial charge in [-0.2, -0.15) is 0 Å². The number of fused-ring (bicyclic) bond motifs is 5. The molecule has 10 aromatic rings. The summed E-state index contributed by atoms with van der Waals surface area (Å²) < 4.78 is 3.76. The highest BCUT2D eigenvalue weighted by molar-refractivity contribution is 7.26. The first kappa shape index (κ1) is 28.9. The fourth-order valence-corrected chi connectivity index (χ4v) is 8.82. The van der Waals surface area contributed by atoms with Crippen molar-refractivity contribution < 1.29 is 0 Å². The topological polar surface area (TPSA) is 51.6 Å². The van der Waals surface area contributed by atoms with Gasteiger partial charge in [-0.05, 0) is 46.2 Å². The van der Waals surface area contributed by atoms with Gasteiger partial charge in [0, 0.05) is 42.4 Å². The second-order valence-corrected chi connectivity index (χ2v) is 14.4. The quantitative estimate of drug-likeness (QED) is 0.182. The number of benzene rings is 7. The number of hydrogen-bond donors (Lipinski definition) is 0. The number of hydrogen-bond acceptors (Lipinski definition) is 6. The summed E-state index contributed by atoms with van der Waals surface area (Å²) in [5, 5.41) is 5.88. The Morgan fingerprint density at radius 1 is 0.340 bits per heavy atom. The summed E-state index contributed by atoms with van der Waals surface area (Å²) in [4.78, 5) is 19.9. The second kappa shape index (κ2) is 11.8. The average Bonchev–Trinajstić information content (AvgIpc) is 3.77. The monoisotopic (exact) mass is 674 g/mol. The van der Waals surface area contributed by atoms with Crippen molar-refractivity contribution in [3.63, 3.8) is 0 Å². The van der Waals surface area contributed by atoms with Crippen molar-refractivity contribution in [3.8, 4) is 55.9 Å². The van der Waals surface area contributed by atoms with Crippen LogP contribution in [-0.4, -0.2) is 19.9 Å². The third-order valence-corrected chi connectivity index (χ3v) is 11.3. The van der Waals surface area contributed by atoms with E-state index in [1.165, 1.54) is 36.0 Å². The lowest BCUT2D eigenvalue weighted by molar-refractivity contribution is 1.08. The smallest absolute Gasteiger partial charge is 0.164 e. The molecule has 0 saturated heterocycles. The molecule has 6 heteroatoms. The minimum Gasteiger partial charge on any atom is -0.236 e. The van der Waals surface area contributed by atoms with Crippen LogP contribution in [0.15, 0.2) is 158 Å². The molecule has 0 radical (unpaired) electrons. The highest BCUT2D eigenvalue weighted by atomic mass is 32.1. The number of aromatic nitrogens is 4. The first-order valence-electron chi connectivity index (χ1n) is 16.5. The van der Waals surface area contributed by atoms with Gasteiger partial charge in [0.05, 0.1) is 10.2 Å². The molecule has 3 aromatic heterocycles. The van der Waals surface area contributed by atoms with Crippen molar-refractivity contribution in [3.05, 3.63) is 158 Å². The lowest BCUT2D eigenvalue weighted by atomic mass is 9.97. The summed E-state index contributed by atoms with van der Waals surface area (Å²) in [6, 6.07) is 55.1. The Morgan fingerprint density at radius 2 is 0.940 bits per heavy atom. The van der Waals surface area contributed by atoms with E-state index in [0.29, 0.717) is 17.5 Å². The standard InChI is InChI=1S/C44H26N4S2/c1-4-11-27(12-5-1)41-46-42(28-13-6-2-7-14-28)48-43(47-41)35-18-10-17-32-23-30(19-21-33(32)35)31-20-22-34-36-25-40-37(26-39(36)49-38(34)24-31)45-44(50-40)29-15-8-3-9-16-29/h1-26H. The Morgan fingerprint density at radius 3 is 1.64 bits per heavy atom. The van der Waals surface area contributed by atoms with Crippen molar-refractivity contribution in [2.45, 2.75) is 0 Å². The van der Waals surface area contributed by atoms with E-state index in [9.17, 15) is 0 Å². The van der Waals surface area contributed by atoms with E-state index < -0.39 is 0 Å². The van der Waals surface area contributed by atoms with Crippen LogP contribution in [0.2, 0.25) is 0 Å². The van der Waals surface area contributed by atoms with Crippen LogP contribution in [0.5, 0.6) is 0 Å². The summed E-state index contributed by atoms with van der Waals surface area (Å²) in [5.41, 5.74) is 7.49. The average molecular weight is 675 g/mol. The van der Waals surface area contributed by atoms with Crippen LogP contribution in [0.4, 0.5) is 0 Å². The number of nitrogens with zero attached hydrogens (tertiary/aromatic N) is 4. The van der Waals surface area contributed by atoms with E-state index in [-0.39, 0.29) is 0 Å². The van der Waals surface area contributed by atoms with E-state index >= 15 is 0 Å². The molecule has 0 atom stereocenters. The van der Waals surface area contributed by atoms with Gasteiger partial charge >= 0.3 is 0 Å². The lowest BCUT2D eigenvalue weighted by Gasteiger charge is -2.11. The highest BCUT2D eigenvalue weighted by Gasteiger charge is 2.16. The molecule has 0 saturated carbocycles. The molecular formula is C44H26N4S2. The SMILES string of the molecule is c1ccc(-c2nc(-c3ccccc3)nc(-c3cccc4cc(-c5ccc6c(c5)sc5cc7nc(-c8ccccc8)sc7cc56)ccc34)n2)cc1. The van der Waals surface area contributed by atoms with Crippen LogP contribution in [0.25, 0.3) is 97.0 Å². The molecule has 0 aliphatic carbocycles. The predicted octanol–water partition coefficient (Wildman–Crippen LogP) is 12.3. The van der Waals surface area contributed by atoms with Gasteiger partial charge in [0.15, 0.2) is 17.5 Å². The van der Waals surface area contributed by atoms with Gasteiger partial charge in [-0.1, -0.05) is 133 Å². The Balaban J connectivity index is 1.04. The Hall–Kier alpha value is -6.08. The van der Waals surface area contributed by atoms with Gasteiger partial charge in [-0.15, -0.1) is 22.7 Å². The van der Waals surface area contributed by atoms with Crippen molar-refractivity contribution in [1.29, 1.82) is 0 Å². The first-order chi connectivity index (χ1) is 24.7. The van der Waals surface area contributed by atoms with E-state index in [2.05, 4.69) is 91.0 Å². The Bertz CT molecular complexity index is 2800. The normalized spacial score (nSPS) is 11.6. The van der Waals surface area contributed by atoms with Gasteiger partial charge in [0.25, 0.3) is 0 Å². The summed E-state index contributed by atoms with van der Waals surface area (Å²) in [6.45, 7) is 0. The third-order valence-electron chi connectivity index (χ3n) is 9.16. The molecule has 0 bridgehead atoms. The zero-order valence-corrected chi connectivity index (χ0v) is 28.2. The van der Waals surface area contributed by atoms with E-state index in [1.807, 2.05) is 78.1 Å². The molecule has 0 aliphatic heterocycles. The summed E-state index contributed by atoms with van der Waals surface area (Å²) in [7, 11) is 0. The van der Waals surface area contributed by atoms with Crippen LogP contribution >= 0.6 is 22.7 Å². The maximum atomic E-state index is 5.00. The fourth-order valence-electron chi connectivity index (χ4n) is 6.67. The van der Waals surface area contributed by atoms with Crippen molar-refractivity contribution >= 4 is 63.8 Å². The van der Waals surface area contributed by atoms with Gasteiger partial charge in [0.2, 0.25) is 0 Å². The molecule has 10 rings (SSSR count). The molecule has 0 spiro atoms. The molecule has 234 valence electrons.